The van der Waals surface area contributed by atoms with E-state index in [1.165, 1.54) is 12.1 Å². The van der Waals surface area contributed by atoms with Crippen molar-refractivity contribution in [2.24, 2.45) is 0 Å². The number of ketones is 1. The SMILES string of the molecule is O=C(c1cc2cccc(F)c2o1)C1COCCO1. The first-order valence-electron chi connectivity index (χ1n) is 5.67. The van der Waals surface area contributed by atoms with Crippen LogP contribution in [-0.2, 0) is 9.47 Å². The summed E-state index contributed by atoms with van der Waals surface area (Å²) >= 11 is 0. The van der Waals surface area contributed by atoms with E-state index in [9.17, 15) is 9.18 Å². The lowest BCUT2D eigenvalue weighted by Crippen LogP contribution is -2.35. The Morgan fingerprint density at radius 2 is 2.22 bits per heavy atom. The molecule has 0 bridgehead atoms. The monoisotopic (exact) mass is 250 g/mol. The van der Waals surface area contributed by atoms with Crippen LogP contribution in [0.15, 0.2) is 28.7 Å². The fraction of sp³-hybridized carbons (Fsp3) is 0.308. The molecule has 0 N–H and O–H groups in total. The highest BCUT2D eigenvalue weighted by Crippen LogP contribution is 2.23. The molecule has 4 nitrogen and oxygen atoms in total. The lowest BCUT2D eigenvalue weighted by atomic mass is 10.1. The van der Waals surface area contributed by atoms with Crippen molar-refractivity contribution in [2.45, 2.75) is 6.10 Å². The Balaban J connectivity index is 1.94. The topological polar surface area (TPSA) is 48.7 Å². The number of carbonyl (C=O) groups excluding carboxylic acids is 1. The molecule has 1 aliphatic heterocycles. The Hall–Kier alpha value is -1.72. The van der Waals surface area contributed by atoms with Gasteiger partial charge in [-0.1, -0.05) is 12.1 Å². The molecule has 1 aromatic carbocycles. The maximum atomic E-state index is 13.4. The molecule has 5 heteroatoms. The standard InChI is InChI=1S/C13H11FO4/c14-9-3-1-2-8-6-10(18-13(8)9)12(15)11-7-16-4-5-17-11/h1-3,6,11H,4-5,7H2. The lowest BCUT2D eigenvalue weighted by Gasteiger charge is -2.20. The Kier molecular flexibility index (Phi) is 2.85. The van der Waals surface area contributed by atoms with Gasteiger partial charge in [0.2, 0.25) is 5.78 Å². The van der Waals surface area contributed by atoms with Gasteiger partial charge >= 0.3 is 0 Å². The van der Waals surface area contributed by atoms with Gasteiger partial charge in [0.15, 0.2) is 17.2 Å². The molecule has 1 aliphatic rings. The third kappa shape index (κ3) is 1.91. The smallest absolute Gasteiger partial charge is 0.229 e. The summed E-state index contributed by atoms with van der Waals surface area (Å²) < 4.78 is 29.2. The van der Waals surface area contributed by atoms with Crippen molar-refractivity contribution < 1.29 is 23.1 Å². The molecule has 18 heavy (non-hydrogen) atoms. The van der Waals surface area contributed by atoms with Crippen LogP contribution in [0, 0.1) is 5.82 Å². The molecule has 1 fully saturated rings. The van der Waals surface area contributed by atoms with Crippen LogP contribution in [0.2, 0.25) is 0 Å². The Bertz CT molecular complexity index is 584. The zero-order chi connectivity index (χ0) is 12.5. The fourth-order valence-electron chi connectivity index (χ4n) is 1.95. The summed E-state index contributed by atoms with van der Waals surface area (Å²) in [5.41, 5.74) is 0.0950. The van der Waals surface area contributed by atoms with Crippen molar-refractivity contribution in [3.63, 3.8) is 0 Å². The van der Waals surface area contributed by atoms with Crippen LogP contribution in [-0.4, -0.2) is 31.7 Å². The van der Waals surface area contributed by atoms with E-state index in [1.54, 1.807) is 12.1 Å². The Morgan fingerprint density at radius 1 is 1.33 bits per heavy atom. The predicted octanol–water partition coefficient (Wildman–Crippen LogP) is 2.17. The van der Waals surface area contributed by atoms with E-state index in [0.717, 1.165) is 0 Å². The minimum absolute atomic E-state index is 0.0950. The van der Waals surface area contributed by atoms with Crippen LogP contribution in [0.3, 0.4) is 0 Å². The molecule has 0 radical (unpaired) electrons. The predicted molar refractivity (Wildman–Crippen MR) is 61.1 cm³/mol. The third-order valence-corrected chi connectivity index (χ3v) is 2.85. The number of Topliss-reactive ketones (excluding diaryl/α,β-unsaturated/α-hetero) is 1. The van der Waals surface area contributed by atoms with E-state index >= 15 is 0 Å². The van der Waals surface area contributed by atoms with Gasteiger partial charge < -0.3 is 13.9 Å². The van der Waals surface area contributed by atoms with Gasteiger partial charge in [0.25, 0.3) is 0 Å². The fourth-order valence-corrected chi connectivity index (χ4v) is 1.95. The lowest BCUT2D eigenvalue weighted by molar-refractivity contribution is -0.0725. The summed E-state index contributed by atoms with van der Waals surface area (Å²) in [7, 11) is 0. The van der Waals surface area contributed by atoms with Gasteiger partial charge in [-0.15, -0.1) is 0 Å². The first-order chi connectivity index (χ1) is 8.75. The van der Waals surface area contributed by atoms with Gasteiger partial charge in [-0.25, -0.2) is 4.39 Å². The highest BCUT2D eigenvalue weighted by Gasteiger charge is 2.27. The molecule has 1 atom stereocenters. The van der Waals surface area contributed by atoms with E-state index in [2.05, 4.69) is 0 Å². The minimum Gasteiger partial charge on any atom is -0.450 e. The molecule has 3 rings (SSSR count). The highest BCUT2D eigenvalue weighted by molar-refractivity contribution is 6.00. The second kappa shape index (κ2) is 4.51. The van der Waals surface area contributed by atoms with Crippen molar-refractivity contribution in [3.8, 4) is 0 Å². The van der Waals surface area contributed by atoms with Gasteiger partial charge in [-0.05, 0) is 12.1 Å². The number of para-hydroxylation sites is 1. The quantitative estimate of drug-likeness (QED) is 0.766. The maximum absolute atomic E-state index is 13.4. The van der Waals surface area contributed by atoms with Crippen LogP contribution in [0.4, 0.5) is 4.39 Å². The number of rotatable bonds is 2. The number of benzene rings is 1. The minimum atomic E-state index is -0.664. The molecule has 1 saturated heterocycles. The Morgan fingerprint density at radius 3 is 2.94 bits per heavy atom. The summed E-state index contributed by atoms with van der Waals surface area (Å²) in [6.45, 7) is 1.07. The summed E-state index contributed by atoms with van der Waals surface area (Å²) in [4.78, 5) is 12.1. The van der Waals surface area contributed by atoms with Gasteiger partial charge in [-0.2, -0.15) is 0 Å². The van der Waals surface area contributed by atoms with E-state index in [0.29, 0.717) is 18.6 Å². The molecule has 0 aliphatic carbocycles. The normalized spacial score (nSPS) is 20.2. The first kappa shape index (κ1) is 11.4. The molecule has 2 aromatic rings. The average molecular weight is 250 g/mol. The molecule has 2 heterocycles. The molecule has 0 saturated carbocycles. The van der Waals surface area contributed by atoms with Gasteiger partial charge in [0.05, 0.1) is 19.8 Å². The second-order valence-electron chi connectivity index (χ2n) is 4.07. The zero-order valence-electron chi connectivity index (χ0n) is 9.52. The highest BCUT2D eigenvalue weighted by atomic mass is 19.1. The van der Waals surface area contributed by atoms with Gasteiger partial charge in [-0.3, -0.25) is 4.79 Å². The number of halogens is 1. The molecule has 1 aromatic heterocycles. The van der Waals surface area contributed by atoms with Gasteiger partial charge in [0.1, 0.15) is 6.10 Å². The third-order valence-electron chi connectivity index (χ3n) is 2.85. The number of hydrogen-bond donors (Lipinski definition) is 0. The van der Waals surface area contributed by atoms with Crippen molar-refractivity contribution in [3.05, 3.63) is 35.8 Å². The van der Waals surface area contributed by atoms with Crippen molar-refractivity contribution in [2.75, 3.05) is 19.8 Å². The Labute approximate surface area is 102 Å². The van der Waals surface area contributed by atoms with E-state index in [1.807, 2.05) is 0 Å². The molecule has 0 amide bonds. The molecule has 94 valence electrons. The summed E-state index contributed by atoms with van der Waals surface area (Å²) in [6, 6.07) is 6.08. The van der Waals surface area contributed by atoms with E-state index in [4.69, 9.17) is 13.9 Å². The van der Waals surface area contributed by atoms with Crippen molar-refractivity contribution >= 4 is 16.8 Å². The van der Waals surface area contributed by atoms with E-state index < -0.39 is 11.9 Å². The van der Waals surface area contributed by atoms with Crippen LogP contribution in [0.5, 0.6) is 0 Å². The van der Waals surface area contributed by atoms with Crippen LogP contribution in [0.25, 0.3) is 11.0 Å². The molecule has 1 unspecified atom stereocenters. The molecule has 0 spiro atoms. The summed E-state index contributed by atoms with van der Waals surface area (Å²) in [5, 5.41) is 0.565. The number of fused-ring (bicyclic) bond motifs is 1. The first-order valence-corrected chi connectivity index (χ1v) is 5.67. The van der Waals surface area contributed by atoms with Crippen molar-refractivity contribution in [1.29, 1.82) is 0 Å². The second-order valence-corrected chi connectivity index (χ2v) is 4.07. The number of hydrogen-bond acceptors (Lipinski definition) is 4. The summed E-state index contributed by atoms with van der Waals surface area (Å²) in [6.07, 6.45) is -0.664. The van der Waals surface area contributed by atoms with Crippen LogP contribution >= 0.6 is 0 Å². The number of ether oxygens (including phenoxy) is 2. The number of furan rings is 1. The average Bonchev–Trinajstić information content (AvgIpc) is 2.84. The molecular formula is C13H11FO4. The van der Waals surface area contributed by atoms with Crippen LogP contribution < -0.4 is 0 Å². The van der Waals surface area contributed by atoms with Crippen LogP contribution in [0.1, 0.15) is 10.6 Å². The van der Waals surface area contributed by atoms with Crippen molar-refractivity contribution in [1.82, 2.24) is 0 Å². The van der Waals surface area contributed by atoms with E-state index in [-0.39, 0.29) is 23.7 Å². The largest absolute Gasteiger partial charge is 0.450 e. The molecular weight excluding hydrogens is 239 g/mol. The number of carbonyl (C=O) groups is 1. The summed E-state index contributed by atoms with van der Waals surface area (Å²) in [5.74, 6) is -0.691. The zero-order valence-corrected chi connectivity index (χ0v) is 9.52. The maximum Gasteiger partial charge on any atom is 0.229 e. The van der Waals surface area contributed by atoms with Gasteiger partial charge in [0, 0.05) is 5.39 Å².